The van der Waals surface area contributed by atoms with E-state index < -0.39 is 0 Å². The maximum Gasteiger partial charge on any atom is 0.230 e. The Morgan fingerprint density at radius 1 is 1.14 bits per heavy atom. The van der Waals surface area contributed by atoms with E-state index in [1.807, 2.05) is 24.3 Å². The van der Waals surface area contributed by atoms with Gasteiger partial charge in [-0.05, 0) is 48.4 Å². The number of aromatic nitrogens is 1. The molecule has 2 heterocycles. The number of rotatable bonds is 5. The summed E-state index contributed by atoms with van der Waals surface area (Å²) in [7, 11) is 0. The molecule has 0 aliphatic rings. The molecule has 5 heteroatoms. The van der Waals surface area contributed by atoms with Crippen LogP contribution in [0.5, 0.6) is 0 Å². The smallest absolute Gasteiger partial charge is 0.230 e. The van der Waals surface area contributed by atoms with Gasteiger partial charge in [-0.3, -0.25) is 0 Å². The summed E-state index contributed by atoms with van der Waals surface area (Å²) in [5.41, 5.74) is 8.84. The van der Waals surface area contributed by atoms with Gasteiger partial charge in [-0.25, -0.2) is 0 Å². The fourth-order valence-electron chi connectivity index (χ4n) is 2.32. The molecular weight excluding hydrogens is 348 g/mol. The first-order valence-corrected chi connectivity index (χ1v) is 8.43. The van der Waals surface area contributed by atoms with Crippen LogP contribution in [0.4, 0.5) is 5.88 Å². The fourth-order valence-corrected chi connectivity index (χ4v) is 3.33. The van der Waals surface area contributed by atoms with Crippen LogP contribution in [0.2, 0.25) is 0 Å². The molecule has 0 radical (unpaired) electrons. The molecule has 0 aliphatic carbocycles. The van der Waals surface area contributed by atoms with Gasteiger partial charge in [0, 0.05) is 9.35 Å². The minimum atomic E-state index is 0.392. The molecule has 3 nitrogen and oxygen atoms in total. The van der Waals surface area contributed by atoms with E-state index in [0.717, 1.165) is 40.6 Å². The van der Waals surface area contributed by atoms with Gasteiger partial charge in [0.25, 0.3) is 0 Å². The van der Waals surface area contributed by atoms with Crippen molar-refractivity contribution in [1.29, 1.82) is 0 Å². The standard InChI is InChI=1S/C16H15BrN2OS/c17-12-8-6-11(7-9-12)15-14(19-20-16(15)18)5-1-3-13-4-2-10-21-13/h2,4,6-10H,1,3,5,18H2. The molecule has 3 rings (SSSR count). The number of hydrogen-bond donors (Lipinski definition) is 1. The average Bonchev–Trinajstić information content (AvgIpc) is 3.11. The molecule has 0 atom stereocenters. The van der Waals surface area contributed by atoms with Crippen molar-refractivity contribution in [1.82, 2.24) is 5.16 Å². The second kappa shape index (κ2) is 6.45. The van der Waals surface area contributed by atoms with E-state index in [1.54, 1.807) is 11.3 Å². The number of benzene rings is 1. The lowest BCUT2D eigenvalue weighted by Gasteiger charge is -2.03. The molecular formula is C16H15BrN2OS. The highest BCUT2D eigenvalue weighted by Gasteiger charge is 2.15. The van der Waals surface area contributed by atoms with Crippen LogP contribution < -0.4 is 5.73 Å². The van der Waals surface area contributed by atoms with Crippen LogP contribution in [-0.2, 0) is 12.8 Å². The van der Waals surface area contributed by atoms with E-state index in [-0.39, 0.29) is 0 Å². The summed E-state index contributed by atoms with van der Waals surface area (Å²) in [5.74, 6) is 0.392. The summed E-state index contributed by atoms with van der Waals surface area (Å²) in [6.45, 7) is 0. The monoisotopic (exact) mass is 362 g/mol. The highest BCUT2D eigenvalue weighted by atomic mass is 79.9. The maximum absolute atomic E-state index is 5.94. The lowest BCUT2D eigenvalue weighted by molar-refractivity contribution is 0.426. The van der Waals surface area contributed by atoms with Crippen LogP contribution >= 0.6 is 27.3 Å². The Morgan fingerprint density at radius 3 is 2.67 bits per heavy atom. The van der Waals surface area contributed by atoms with Crippen LogP contribution in [0.25, 0.3) is 11.1 Å². The van der Waals surface area contributed by atoms with Crippen LogP contribution in [-0.4, -0.2) is 5.16 Å². The Labute approximate surface area is 135 Å². The third-order valence-electron chi connectivity index (χ3n) is 3.34. The summed E-state index contributed by atoms with van der Waals surface area (Å²) < 4.78 is 6.23. The Morgan fingerprint density at radius 2 is 1.95 bits per heavy atom. The zero-order chi connectivity index (χ0) is 14.7. The Kier molecular flexibility index (Phi) is 4.41. The second-order valence-corrected chi connectivity index (χ2v) is 6.76. The van der Waals surface area contributed by atoms with Crippen LogP contribution in [0, 0.1) is 0 Å². The number of anilines is 1. The van der Waals surface area contributed by atoms with Crippen molar-refractivity contribution in [2.75, 3.05) is 5.73 Å². The zero-order valence-corrected chi connectivity index (χ0v) is 13.8. The van der Waals surface area contributed by atoms with Crippen molar-refractivity contribution < 1.29 is 4.52 Å². The van der Waals surface area contributed by atoms with Gasteiger partial charge < -0.3 is 10.3 Å². The van der Waals surface area contributed by atoms with Crippen molar-refractivity contribution in [3.8, 4) is 11.1 Å². The van der Waals surface area contributed by atoms with Crippen molar-refractivity contribution in [3.05, 3.63) is 56.8 Å². The minimum Gasteiger partial charge on any atom is -0.367 e. The summed E-state index contributed by atoms with van der Waals surface area (Å²) in [4.78, 5) is 1.40. The summed E-state index contributed by atoms with van der Waals surface area (Å²) in [6, 6.07) is 12.3. The first-order chi connectivity index (χ1) is 10.2. The number of nitrogen functional groups attached to an aromatic ring is 1. The van der Waals surface area contributed by atoms with E-state index in [0.29, 0.717) is 5.88 Å². The molecule has 0 unspecified atom stereocenters. The van der Waals surface area contributed by atoms with Gasteiger partial charge in [-0.1, -0.05) is 39.3 Å². The molecule has 2 aromatic heterocycles. The number of nitrogens with two attached hydrogens (primary N) is 1. The quantitative estimate of drug-likeness (QED) is 0.700. The molecule has 0 amide bonds. The fraction of sp³-hybridized carbons (Fsp3) is 0.188. The highest BCUT2D eigenvalue weighted by molar-refractivity contribution is 9.10. The molecule has 0 saturated carbocycles. The van der Waals surface area contributed by atoms with Gasteiger partial charge in [0.15, 0.2) is 0 Å². The van der Waals surface area contributed by atoms with Gasteiger partial charge in [-0.15, -0.1) is 11.3 Å². The third kappa shape index (κ3) is 3.36. The number of thiophene rings is 1. The molecule has 0 aliphatic heterocycles. The molecule has 0 saturated heterocycles. The van der Waals surface area contributed by atoms with Crippen LogP contribution in [0.3, 0.4) is 0 Å². The van der Waals surface area contributed by atoms with Crippen molar-refractivity contribution in [2.24, 2.45) is 0 Å². The van der Waals surface area contributed by atoms with Crippen LogP contribution in [0.15, 0.2) is 50.8 Å². The lowest BCUT2D eigenvalue weighted by atomic mass is 10.0. The van der Waals surface area contributed by atoms with E-state index in [1.165, 1.54) is 4.88 Å². The second-order valence-electron chi connectivity index (χ2n) is 4.81. The SMILES string of the molecule is Nc1onc(CCCc2cccs2)c1-c1ccc(Br)cc1. The maximum atomic E-state index is 5.94. The molecule has 21 heavy (non-hydrogen) atoms. The van der Waals surface area contributed by atoms with Crippen molar-refractivity contribution >= 4 is 33.2 Å². The Bertz CT molecular complexity index is 704. The Hall–Kier alpha value is -1.59. The molecule has 1 aromatic carbocycles. The van der Waals surface area contributed by atoms with Gasteiger partial charge in [-0.2, -0.15) is 0 Å². The first-order valence-electron chi connectivity index (χ1n) is 6.76. The summed E-state index contributed by atoms with van der Waals surface area (Å²) in [6.07, 6.45) is 2.96. The van der Waals surface area contributed by atoms with Crippen molar-refractivity contribution in [2.45, 2.75) is 19.3 Å². The Balaban J connectivity index is 1.75. The molecule has 0 fully saturated rings. The molecule has 3 aromatic rings. The van der Waals surface area contributed by atoms with E-state index in [9.17, 15) is 0 Å². The van der Waals surface area contributed by atoms with E-state index in [2.05, 4.69) is 38.6 Å². The highest BCUT2D eigenvalue weighted by Crippen LogP contribution is 2.31. The molecule has 0 bridgehead atoms. The number of hydrogen-bond acceptors (Lipinski definition) is 4. The zero-order valence-electron chi connectivity index (χ0n) is 11.4. The molecule has 108 valence electrons. The molecule has 2 N–H and O–H groups in total. The predicted molar refractivity (Wildman–Crippen MR) is 90.4 cm³/mol. The molecule has 0 spiro atoms. The van der Waals surface area contributed by atoms with E-state index in [4.69, 9.17) is 10.3 Å². The predicted octanol–water partition coefficient (Wildman–Crippen LogP) is 4.92. The number of aryl methyl sites for hydroxylation is 2. The van der Waals surface area contributed by atoms with Gasteiger partial charge >= 0.3 is 0 Å². The van der Waals surface area contributed by atoms with E-state index >= 15 is 0 Å². The minimum absolute atomic E-state index is 0.392. The average molecular weight is 363 g/mol. The lowest BCUT2D eigenvalue weighted by Crippen LogP contribution is -1.93. The topological polar surface area (TPSA) is 52.0 Å². The number of nitrogens with zero attached hydrogens (tertiary/aromatic N) is 1. The van der Waals surface area contributed by atoms with Gasteiger partial charge in [0.1, 0.15) is 0 Å². The van der Waals surface area contributed by atoms with Gasteiger partial charge in [0.2, 0.25) is 5.88 Å². The van der Waals surface area contributed by atoms with Crippen LogP contribution in [0.1, 0.15) is 17.0 Å². The number of halogens is 1. The normalized spacial score (nSPS) is 10.9. The van der Waals surface area contributed by atoms with Gasteiger partial charge in [0.05, 0.1) is 11.3 Å². The summed E-state index contributed by atoms with van der Waals surface area (Å²) in [5, 5.41) is 6.23. The van der Waals surface area contributed by atoms with Crippen molar-refractivity contribution in [3.63, 3.8) is 0 Å². The largest absolute Gasteiger partial charge is 0.367 e. The first kappa shape index (κ1) is 14.4. The summed E-state index contributed by atoms with van der Waals surface area (Å²) >= 11 is 5.23. The third-order valence-corrected chi connectivity index (χ3v) is 4.80.